The number of aromatic nitrogens is 4. The minimum Gasteiger partial charge on any atom is -0.454 e. The summed E-state index contributed by atoms with van der Waals surface area (Å²) in [7, 11) is 0. The first kappa shape index (κ1) is 16.6. The normalized spacial score (nSPS) is 10.8. The highest BCUT2D eigenvalue weighted by atomic mass is 16.6. The molecule has 8 heteroatoms. The van der Waals surface area contributed by atoms with E-state index in [0.29, 0.717) is 16.7 Å². The van der Waals surface area contributed by atoms with Crippen molar-refractivity contribution < 1.29 is 14.1 Å². The number of hydrogen-bond donors (Lipinski definition) is 0. The monoisotopic (exact) mass is 362 g/mol. The summed E-state index contributed by atoms with van der Waals surface area (Å²) in [5.41, 5.74) is 1.07. The third-order valence-electron chi connectivity index (χ3n) is 3.89. The van der Waals surface area contributed by atoms with Crippen LogP contribution in [-0.2, 0) is 22.7 Å². The Hall–Kier alpha value is -3.81. The van der Waals surface area contributed by atoms with Gasteiger partial charge in [0.15, 0.2) is 6.61 Å². The van der Waals surface area contributed by atoms with Crippen LogP contribution in [0.25, 0.3) is 22.3 Å². The maximum absolute atomic E-state index is 12.4. The van der Waals surface area contributed by atoms with Gasteiger partial charge in [-0.05, 0) is 12.1 Å². The molecule has 8 nitrogen and oxygen atoms in total. The summed E-state index contributed by atoms with van der Waals surface area (Å²) in [5.74, 6) is -0.0172. The molecule has 2 heterocycles. The number of para-hydroxylation sites is 1. The van der Waals surface area contributed by atoms with Crippen LogP contribution < -0.4 is 5.56 Å². The Morgan fingerprint density at radius 2 is 1.85 bits per heavy atom. The van der Waals surface area contributed by atoms with Crippen molar-refractivity contribution in [3.8, 4) is 11.4 Å². The quantitative estimate of drug-likeness (QED) is 0.502. The zero-order valence-electron chi connectivity index (χ0n) is 14.1. The van der Waals surface area contributed by atoms with Crippen LogP contribution in [0, 0.1) is 0 Å². The fourth-order valence-corrected chi connectivity index (χ4v) is 2.56. The average molecular weight is 362 g/mol. The van der Waals surface area contributed by atoms with Crippen LogP contribution in [-0.4, -0.2) is 25.7 Å². The lowest BCUT2D eigenvalue weighted by molar-refractivity contribution is -0.146. The van der Waals surface area contributed by atoms with Gasteiger partial charge >= 0.3 is 5.97 Å². The van der Waals surface area contributed by atoms with Crippen molar-refractivity contribution in [2.24, 2.45) is 0 Å². The first-order chi connectivity index (χ1) is 13.2. The van der Waals surface area contributed by atoms with Crippen LogP contribution >= 0.6 is 0 Å². The van der Waals surface area contributed by atoms with E-state index in [4.69, 9.17) is 9.26 Å². The molecule has 0 aliphatic carbocycles. The van der Waals surface area contributed by atoms with Gasteiger partial charge in [-0.15, -0.1) is 0 Å². The molecule has 4 rings (SSSR count). The first-order valence-electron chi connectivity index (χ1n) is 8.18. The van der Waals surface area contributed by atoms with E-state index in [0.717, 1.165) is 5.56 Å². The Bertz CT molecular complexity index is 1150. The fraction of sp³-hybridized carbons (Fsp3) is 0.105. The highest BCUT2D eigenvalue weighted by molar-refractivity contribution is 5.77. The fourth-order valence-electron chi connectivity index (χ4n) is 2.56. The number of esters is 1. The zero-order valence-corrected chi connectivity index (χ0v) is 14.1. The minimum absolute atomic E-state index is 0.172. The van der Waals surface area contributed by atoms with Crippen molar-refractivity contribution >= 4 is 16.9 Å². The molecule has 0 N–H and O–H groups in total. The van der Waals surface area contributed by atoms with E-state index in [9.17, 15) is 9.59 Å². The second kappa shape index (κ2) is 7.20. The van der Waals surface area contributed by atoms with Gasteiger partial charge in [-0.2, -0.15) is 4.98 Å². The molecule has 0 saturated carbocycles. The lowest BCUT2D eigenvalue weighted by Crippen LogP contribution is -2.25. The summed E-state index contributed by atoms with van der Waals surface area (Å²) in [6, 6.07) is 16.2. The molecular formula is C19H14N4O4. The maximum atomic E-state index is 12.4. The molecule has 0 spiro atoms. The highest BCUT2D eigenvalue weighted by Gasteiger charge is 2.13. The van der Waals surface area contributed by atoms with Crippen molar-refractivity contribution in [2.45, 2.75) is 13.2 Å². The van der Waals surface area contributed by atoms with Crippen LogP contribution in [0.2, 0.25) is 0 Å². The largest absolute Gasteiger partial charge is 0.454 e. The average Bonchev–Trinajstić information content (AvgIpc) is 3.19. The molecule has 0 radical (unpaired) electrons. The maximum Gasteiger partial charge on any atom is 0.326 e. The molecule has 0 amide bonds. The smallest absolute Gasteiger partial charge is 0.326 e. The number of fused-ring (bicyclic) bond motifs is 1. The Balaban J connectivity index is 1.41. The molecule has 0 saturated heterocycles. The number of carbonyl (C=O) groups excluding carboxylic acids is 1. The van der Waals surface area contributed by atoms with Crippen LogP contribution in [0.3, 0.4) is 0 Å². The number of hydrogen-bond acceptors (Lipinski definition) is 7. The lowest BCUT2D eigenvalue weighted by atomic mass is 10.2. The third kappa shape index (κ3) is 3.59. The predicted octanol–water partition coefficient (Wildman–Crippen LogP) is 2.19. The summed E-state index contributed by atoms with van der Waals surface area (Å²) >= 11 is 0. The molecule has 0 unspecified atom stereocenters. The molecule has 0 atom stereocenters. The van der Waals surface area contributed by atoms with Crippen LogP contribution in [0.5, 0.6) is 0 Å². The van der Waals surface area contributed by atoms with E-state index in [1.54, 1.807) is 24.3 Å². The first-order valence-corrected chi connectivity index (χ1v) is 8.18. The SMILES string of the molecule is O=C(Cn1cnc2ccccc2c1=O)OCc1nc(-c2ccccc2)no1. The van der Waals surface area contributed by atoms with Gasteiger partial charge in [-0.3, -0.25) is 14.2 Å². The van der Waals surface area contributed by atoms with Gasteiger partial charge in [-0.25, -0.2) is 4.98 Å². The van der Waals surface area contributed by atoms with Crippen LogP contribution in [0.15, 0.2) is 70.2 Å². The molecule has 2 aromatic heterocycles. The van der Waals surface area contributed by atoms with Gasteiger partial charge in [0.2, 0.25) is 5.82 Å². The van der Waals surface area contributed by atoms with Crippen LogP contribution in [0.1, 0.15) is 5.89 Å². The Morgan fingerprint density at radius 3 is 2.70 bits per heavy atom. The molecule has 134 valence electrons. The van der Waals surface area contributed by atoms with E-state index < -0.39 is 5.97 Å². The van der Waals surface area contributed by atoms with Gasteiger partial charge in [0.1, 0.15) is 6.54 Å². The van der Waals surface area contributed by atoms with E-state index in [2.05, 4.69) is 15.1 Å². The summed E-state index contributed by atoms with van der Waals surface area (Å²) in [5, 5.41) is 4.30. The minimum atomic E-state index is -0.603. The van der Waals surface area contributed by atoms with Gasteiger partial charge < -0.3 is 9.26 Å². The topological polar surface area (TPSA) is 100 Å². The van der Waals surface area contributed by atoms with E-state index in [-0.39, 0.29) is 24.6 Å². The Labute approximate surface area is 153 Å². The number of carbonyl (C=O) groups is 1. The van der Waals surface area contributed by atoms with E-state index >= 15 is 0 Å². The number of benzene rings is 2. The second-order valence-corrected chi connectivity index (χ2v) is 5.73. The third-order valence-corrected chi connectivity index (χ3v) is 3.89. The molecule has 2 aromatic carbocycles. The van der Waals surface area contributed by atoms with E-state index in [1.807, 2.05) is 30.3 Å². The molecular weight excluding hydrogens is 348 g/mol. The molecule has 0 fully saturated rings. The summed E-state index contributed by atoms with van der Waals surface area (Å²) in [6.07, 6.45) is 1.33. The highest BCUT2D eigenvalue weighted by Crippen LogP contribution is 2.15. The summed E-state index contributed by atoms with van der Waals surface area (Å²) in [4.78, 5) is 32.8. The Kier molecular flexibility index (Phi) is 4.44. The van der Waals surface area contributed by atoms with Crippen molar-refractivity contribution in [2.75, 3.05) is 0 Å². The van der Waals surface area contributed by atoms with Crippen LogP contribution in [0.4, 0.5) is 0 Å². The van der Waals surface area contributed by atoms with Gasteiger partial charge in [0.05, 0.1) is 17.2 Å². The van der Waals surface area contributed by atoms with Gasteiger partial charge in [0.25, 0.3) is 11.4 Å². The predicted molar refractivity (Wildman–Crippen MR) is 95.5 cm³/mol. The molecule has 4 aromatic rings. The van der Waals surface area contributed by atoms with Gasteiger partial charge in [-0.1, -0.05) is 47.6 Å². The zero-order chi connectivity index (χ0) is 18.6. The summed E-state index contributed by atoms with van der Waals surface area (Å²) in [6.45, 7) is -0.426. The Morgan fingerprint density at radius 1 is 1.07 bits per heavy atom. The standard InChI is InChI=1S/C19H14N4O4/c24-17(10-23-12-20-15-9-5-4-8-14(15)19(23)25)26-11-16-21-18(22-27-16)13-6-2-1-3-7-13/h1-9,12H,10-11H2. The number of rotatable bonds is 5. The molecule has 27 heavy (non-hydrogen) atoms. The van der Waals surface area contributed by atoms with E-state index in [1.165, 1.54) is 10.9 Å². The number of nitrogens with zero attached hydrogens (tertiary/aromatic N) is 4. The van der Waals surface area contributed by atoms with Crippen molar-refractivity contribution in [1.82, 2.24) is 19.7 Å². The summed E-state index contributed by atoms with van der Waals surface area (Å²) < 4.78 is 11.4. The molecule has 0 aliphatic heterocycles. The van der Waals surface area contributed by atoms with Gasteiger partial charge in [0, 0.05) is 5.56 Å². The number of ether oxygens (including phenoxy) is 1. The van der Waals surface area contributed by atoms with Crippen molar-refractivity contribution in [3.63, 3.8) is 0 Å². The molecule has 0 aliphatic rings. The molecule has 0 bridgehead atoms. The van der Waals surface area contributed by atoms with Crippen molar-refractivity contribution in [3.05, 3.63) is 77.2 Å². The van der Waals surface area contributed by atoms with Crippen molar-refractivity contribution in [1.29, 1.82) is 0 Å². The lowest BCUT2D eigenvalue weighted by Gasteiger charge is -2.06. The second-order valence-electron chi connectivity index (χ2n) is 5.73.